The number of aromatic nitrogens is 2. The van der Waals surface area contributed by atoms with Crippen LogP contribution in [0.15, 0.2) is 12.4 Å². The number of likely N-dealkylation sites (tertiary alicyclic amines) is 1. The lowest BCUT2D eigenvalue weighted by molar-refractivity contribution is -0.235. The van der Waals surface area contributed by atoms with Crippen LogP contribution in [0.2, 0.25) is 0 Å². The van der Waals surface area contributed by atoms with Crippen LogP contribution in [-0.4, -0.2) is 53.1 Å². The summed E-state index contributed by atoms with van der Waals surface area (Å²) in [5, 5.41) is 4.07. The first-order valence-electron chi connectivity index (χ1n) is 8.70. The van der Waals surface area contributed by atoms with Crippen LogP contribution in [0.1, 0.15) is 31.2 Å². The minimum absolute atomic E-state index is 0.0118. The summed E-state index contributed by atoms with van der Waals surface area (Å²) in [5.74, 6) is -1.42. The fourth-order valence-corrected chi connectivity index (χ4v) is 4.18. The fourth-order valence-electron chi connectivity index (χ4n) is 4.18. The number of hydrogen-bond acceptors (Lipinski definition) is 3. The lowest BCUT2D eigenvalue weighted by Crippen LogP contribution is -2.56. The summed E-state index contributed by atoms with van der Waals surface area (Å²) in [7, 11) is 1.81. The van der Waals surface area contributed by atoms with Crippen LogP contribution in [0.4, 0.5) is 13.2 Å². The molecule has 0 aromatic carbocycles. The molecule has 0 saturated carbocycles. The highest BCUT2D eigenvalue weighted by Crippen LogP contribution is 2.50. The van der Waals surface area contributed by atoms with Gasteiger partial charge in [-0.1, -0.05) is 0 Å². The van der Waals surface area contributed by atoms with Crippen LogP contribution >= 0.6 is 0 Å². The number of rotatable bonds is 3. The molecule has 25 heavy (non-hydrogen) atoms. The SMILES string of the molecule is Cn1cc(CCC(=O)N2CCC(C(F)(F)F)C3(CCOCC3)C2)cn1. The molecule has 2 aliphatic heterocycles. The van der Waals surface area contributed by atoms with Crippen molar-refractivity contribution in [2.45, 2.75) is 38.3 Å². The van der Waals surface area contributed by atoms with Crippen LogP contribution in [0.3, 0.4) is 0 Å². The summed E-state index contributed by atoms with van der Waals surface area (Å²) < 4.78 is 47.5. The number of carbonyl (C=O) groups is 1. The molecule has 1 spiro atoms. The second-order valence-electron chi connectivity index (χ2n) is 7.20. The van der Waals surface area contributed by atoms with Gasteiger partial charge in [0.15, 0.2) is 0 Å². The van der Waals surface area contributed by atoms with Crippen molar-refractivity contribution in [2.24, 2.45) is 18.4 Å². The smallest absolute Gasteiger partial charge is 0.381 e. The maximum atomic E-state index is 13.5. The molecule has 3 rings (SSSR count). The molecule has 1 aromatic heterocycles. The number of nitrogens with zero attached hydrogens (tertiary/aromatic N) is 3. The first-order chi connectivity index (χ1) is 11.8. The molecule has 0 aliphatic carbocycles. The summed E-state index contributed by atoms with van der Waals surface area (Å²) >= 11 is 0. The Morgan fingerprint density at radius 1 is 1.40 bits per heavy atom. The van der Waals surface area contributed by atoms with E-state index in [1.54, 1.807) is 15.8 Å². The van der Waals surface area contributed by atoms with Gasteiger partial charge >= 0.3 is 6.18 Å². The molecule has 1 aromatic rings. The largest absolute Gasteiger partial charge is 0.392 e. The molecule has 2 fully saturated rings. The number of aryl methyl sites for hydroxylation is 2. The minimum atomic E-state index is -4.22. The molecule has 2 aliphatic rings. The third-order valence-electron chi connectivity index (χ3n) is 5.55. The Morgan fingerprint density at radius 2 is 2.12 bits per heavy atom. The van der Waals surface area contributed by atoms with Crippen molar-refractivity contribution in [1.29, 1.82) is 0 Å². The van der Waals surface area contributed by atoms with E-state index >= 15 is 0 Å². The first kappa shape index (κ1) is 18.2. The van der Waals surface area contributed by atoms with E-state index in [2.05, 4.69) is 5.10 Å². The summed E-state index contributed by atoms with van der Waals surface area (Å²) in [5.41, 5.74) is 0.0698. The van der Waals surface area contributed by atoms with Gasteiger partial charge in [0.2, 0.25) is 5.91 Å². The lowest BCUT2D eigenvalue weighted by Gasteiger charge is -2.50. The van der Waals surface area contributed by atoms with Gasteiger partial charge in [0.25, 0.3) is 0 Å². The number of carbonyl (C=O) groups excluding carboxylic acids is 1. The van der Waals surface area contributed by atoms with Crippen LogP contribution in [-0.2, 0) is 23.0 Å². The molecule has 0 N–H and O–H groups in total. The highest BCUT2D eigenvalue weighted by Gasteiger charge is 2.56. The number of amides is 1. The zero-order valence-corrected chi connectivity index (χ0v) is 14.4. The summed E-state index contributed by atoms with van der Waals surface area (Å²) in [6.07, 6.45) is 0.917. The van der Waals surface area contributed by atoms with E-state index in [9.17, 15) is 18.0 Å². The number of piperidine rings is 1. The highest BCUT2D eigenvalue weighted by molar-refractivity contribution is 5.76. The standard InChI is InChI=1S/C17H24F3N3O2/c1-22-11-13(10-21-22)2-3-15(24)23-7-4-14(17(18,19)20)16(12-23)5-8-25-9-6-16/h10-11,14H,2-9,12H2,1H3. The van der Waals surface area contributed by atoms with E-state index in [4.69, 9.17) is 4.74 Å². The van der Waals surface area contributed by atoms with Crippen molar-refractivity contribution < 1.29 is 22.7 Å². The zero-order valence-electron chi connectivity index (χ0n) is 14.4. The minimum Gasteiger partial charge on any atom is -0.381 e. The third-order valence-corrected chi connectivity index (χ3v) is 5.55. The molecule has 1 unspecified atom stereocenters. The zero-order chi connectivity index (χ0) is 18.1. The Kier molecular flexibility index (Phi) is 5.09. The van der Waals surface area contributed by atoms with E-state index in [0.29, 0.717) is 38.9 Å². The maximum absolute atomic E-state index is 13.5. The average Bonchev–Trinajstić information content (AvgIpc) is 2.97. The topological polar surface area (TPSA) is 47.4 Å². The van der Waals surface area contributed by atoms with Crippen molar-refractivity contribution in [1.82, 2.24) is 14.7 Å². The molecular formula is C17H24F3N3O2. The van der Waals surface area contributed by atoms with Gasteiger partial charge in [-0.2, -0.15) is 18.3 Å². The Hall–Kier alpha value is -1.57. The van der Waals surface area contributed by atoms with Gasteiger partial charge in [0, 0.05) is 51.4 Å². The summed E-state index contributed by atoms with van der Waals surface area (Å²) in [6, 6.07) is 0. The highest BCUT2D eigenvalue weighted by atomic mass is 19.4. The normalized spacial score (nSPS) is 23.8. The third kappa shape index (κ3) is 3.99. The van der Waals surface area contributed by atoms with E-state index in [1.165, 1.54) is 0 Å². The predicted molar refractivity (Wildman–Crippen MR) is 84.8 cm³/mol. The van der Waals surface area contributed by atoms with E-state index < -0.39 is 17.5 Å². The van der Waals surface area contributed by atoms with Gasteiger partial charge in [-0.25, -0.2) is 0 Å². The van der Waals surface area contributed by atoms with Crippen LogP contribution < -0.4 is 0 Å². The van der Waals surface area contributed by atoms with Crippen molar-refractivity contribution in [3.63, 3.8) is 0 Å². The molecule has 8 heteroatoms. The van der Waals surface area contributed by atoms with Gasteiger partial charge in [-0.05, 0) is 31.2 Å². The number of halogens is 3. The molecule has 2 saturated heterocycles. The molecule has 1 amide bonds. The maximum Gasteiger partial charge on any atom is 0.392 e. The van der Waals surface area contributed by atoms with Crippen LogP contribution in [0.5, 0.6) is 0 Å². The summed E-state index contributed by atoms with van der Waals surface area (Å²) in [4.78, 5) is 14.2. The van der Waals surface area contributed by atoms with Gasteiger partial charge < -0.3 is 9.64 Å². The van der Waals surface area contributed by atoms with E-state index in [1.807, 2.05) is 13.2 Å². The molecule has 0 bridgehead atoms. The Bertz CT molecular complexity index is 609. The molecule has 0 radical (unpaired) electrons. The number of alkyl halides is 3. The second kappa shape index (κ2) is 6.97. The predicted octanol–water partition coefficient (Wildman–Crippen LogP) is 2.56. The molecule has 3 heterocycles. The number of ether oxygens (including phenoxy) is 1. The first-order valence-corrected chi connectivity index (χ1v) is 8.70. The fraction of sp³-hybridized carbons (Fsp3) is 0.765. The van der Waals surface area contributed by atoms with E-state index in [-0.39, 0.29) is 25.4 Å². The average molecular weight is 359 g/mol. The van der Waals surface area contributed by atoms with Crippen molar-refractivity contribution in [3.8, 4) is 0 Å². The van der Waals surface area contributed by atoms with Gasteiger partial charge in [-0.15, -0.1) is 0 Å². The molecule has 140 valence electrons. The van der Waals surface area contributed by atoms with Gasteiger partial charge in [0.05, 0.1) is 12.1 Å². The Balaban J connectivity index is 1.66. The summed E-state index contributed by atoms with van der Waals surface area (Å²) in [6.45, 7) is 1.04. The molecular weight excluding hydrogens is 335 g/mol. The Labute approximate surface area is 145 Å². The monoisotopic (exact) mass is 359 g/mol. The second-order valence-corrected chi connectivity index (χ2v) is 7.20. The van der Waals surface area contributed by atoms with Crippen LogP contribution in [0, 0.1) is 11.3 Å². The molecule has 1 atom stereocenters. The van der Waals surface area contributed by atoms with Crippen molar-refractivity contribution in [2.75, 3.05) is 26.3 Å². The van der Waals surface area contributed by atoms with Crippen molar-refractivity contribution >= 4 is 5.91 Å². The van der Waals surface area contributed by atoms with Gasteiger partial charge in [0.1, 0.15) is 0 Å². The van der Waals surface area contributed by atoms with E-state index in [0.717, 1.165) is 5.56 Å². The lowest BCUT2D eigenvalue weighted by atomic mass is 9.65. The Morgan fingerprint density at radius 3 is 2.72 bits per heavy atom. The van der Waals surface area contributed by atoms with Crippen LogP contribution in [0.25, 0.3) is 0 Å². The molecule has 5 nitrogen and oxygen atoms in total. The van der Waals surface area contributed by atoms with Gasteiger partial charge in [-0.3, -0.25) is 9.48 Å². The van der Waals surface area contributed by atoms with Crippen molar-refractivity contribution in [3.05, 3.63) is 18.0 Å². The quantitative estimate of drug-likeness (QED) is 0.833. The number of hydrogen-bond donors (Lipinski definition) is 0.